The summed E-state index contributed by atoms with van der Waals surface area (Å²) in [5, 5.41) is 8.70. The van der Waals surface area contributed by atoms with Gasteiger partial charge in [0, 0.05) is 0 Å². The molecule has 7 heteroatoms. The quantitative estimate of drug-likeness (QED) is 0.317. The summed E-state index contributed by atoms with van der Waals surface area (Å²) in [6.45, 7) is 2.37. The fourth-order valence-corrected chi connectivity index (χ4v) is 5.13. The van der Waals surface area contributed by atoms with Gasteiger partial charge in [-0.15, -0.1) is 0 Å². The van der Waals surface area contributed by atoms with Crippen molar-refractivity contribution in [3.05, 3.63) is 65.9 Å². The van der Waals surface area contributed by atoms with Gasteiger partial charge in [-0.1, -0.05) is 0 Å². The SMILES string of the molecule is CN(Cc1ccccccc(C#CC2CC2)cc1)c1cn([I-]C2OCC3(CC3)CO2)nn1. The zero-order valence-corrected chi connectivity index (χ0v) is 20.4. The molecule has 3 fully saturated rings. The Kier molecular flexibility index (Phi) is 6.62. The summed E-state index contributed by atoms with van der Waals surface area (Å²) in [6, 6.07) is 16.6. The molecule has 1 saturated heterocycles. The maximum atomic E-state index is 5.92. The summed E-state index contributed by atoms with van der Waals surface area (Å²) in [5.74, 6) is 8.10. The van der Waals surface area contributed by atoms with Gasteiger partial charge in [-0.3, -0.25) is 0 Å². The normalized spacial score (nSPS) is 19.2. The fraction of sp³-hybridized carbons (Fsp3) is 0.440. The molecule has 32 heavy (non-hydrogen) atoms. The Morgan fingerprint density at radius 2 is 1.88 bits per heavy atom. The van der Waals surface area contributed by atoms with Crippen LogP contribution >= 0.6 is 0 Å². The number of alkyl halides is 1. The van der Waals surface area contributed by atoms with Gasteiger partial charge in [0.2, 0.25) is 0 Å². The van der Waals surface area contributed by atoms with Gasteiger partial charge in [-0.2, -0.15) is 0 Å². The minimum absolute atomic E-state index is 0.135. The number of hydrogen-bond acceptors (Lipinski definition) is 5. The molecule has 1 spiro atoms. The molecule has 3 aliphatic rings. The third kappa shape index (κ3) is 6.00. The molecule has 2 aliphatic carbocycles. The summed E-state index contributed by atoms with van der Waals surface area (Å²) < 4.78 is 13.6. The summed E-state index contributed by atoms with van der Waals surface area (Å²) in [5.41, 5.74) is 2.54. The van der Waals surface area contributed by atoms with Gasteiger partial charge in [0.1, 0.15) is 0 Å². The number of aromatic nitrogens is 3. The van der Waals surface area contributed by atoms with Crippen molar-refractivity contribution in [3.63, 3.8) is 0 Å². The van der Waals surface area contributed by atoms with Crippen LogP contribution in [0.25, 0.3) is 0 Å². The van der Waals surface area contributed by atoms with E-state index < -0.39 is 21.5 Å². The average Bonchev–Trinajstić information content (AvgIpc) is 3.73. The first kappa shape index (κ1) is 21.7. The molecule has 0 unspecified atom stereocenters. The third-order valence-corrected chi connectivity index (χ3v) is 8.05. The van der Waals surface area contributed by atoms with Crippen LogP contribution < -0.4 is 26.4 Å². The van der Waals surface area contributed by atoms with Crippen molar-refractivity contribution in [3.8, 4) is 11.8 Å². The number of rotatable bonds is 5. The van der Waals surface area contributed by atoms with Crippen molar-refractivity contribution in [2.75, 3.05) is 25.2 Å². The van der Waals surface area contributed by atoms with Crippen LogP contribution in [0, 0.1) is 23.2 Å². The van der Waals surface area contributed by atoms with Crippen molar-refractivity contribution >= 4 is 5.82 Å². The van der Waals surface area contributed by atoms with Crippen LogP contribution in [-0.4, -0.2) is 37.8 Å². The van der Waals surface area contributed by atoms with Gasteiger partial charge in [0.05, 0.1) is 0 Å². The maximum absolute atomic E-state index is 5.92. The Labute approximate surface area is 200 Å². The fourth-order valence-electron chi connectivity index (χ4n) is 3.37. The predicted molar refractivity (Wildman–Crippen MR) is 119 cm³/mol. The van der Waals surface area contributed by atoms with E-state index in [1.165, 1.54) is 31.2 Å². The Balaban J connectivity index is 1.24. The first-order chi connectivity index (χ1) is 15.7. The third-order valence-electron chi connectivity index (χ3n) is 5.84. The van der Waals surface area contributed by atoms with Gasteiger partial charge in [0.25, 0.3) is 0 Å². The van der Waals surface area contributed by atoms with Crippen LogP contribution in [0.2, 0.25) is 0 Å². The summed E-state index contributed by atoms with van der Waals surface area (Å²) in [7, 11) is 2.04. The summed E-state index contributed by atoms with van der Waals surface area (Å²) in [6.07, 6.45) is 6.94. The van der Waals surface area contributed by atoms with Crippen LogP contribution in [-0.2, 0) is 16.0 Å². The second-order valence-corrected chi connectivity index (χ2v) is 11.4. The molecular formula is C25H28IN4O2-. The molecule has 6 nitrogen and oxygen atoms in total. The minimum atomic E-state index is -0.558. The standard InChI is InChI=1S/C25H28IN4O2/c1-29(23-17-30(28-27-23)26-24-31-18-25(14-15-25)19-32-24)16-22-7-5-3-2-4-6-20(12-13-22)8-9-21-10-11-21/h2-7,12-13,17,21,24H,10-11,14-16,18-19H2,1H3/q-1. The van der Waals surface area contributed by atoms with E-state index in [-0.39, 0.29) is 4.30 Å². The molecule has 0 atom stereocenters. The van der Waals surface area contributed by atoms with Gasteiger partial charge in [-0.25, -0.2) is 0 Å². The van der Waals surface area contributed by atoms with Gasteiger partial charge >= 0.3 is 188 Å². The molecule has 0 N–H and O–H groups in total. The van der Waals surface area contributed by atoms with Crippen molar-refractivity contribution in [1.82, 2.24) is 13.2 Å². The molecule has 2 aromatic rings. The Morgan fingerprint density at radius 3 is 2.62 bits per heavy atom. The van der Waals surface area contributed by atoms with Crippen molar-refractivity contribution in [2.24, 2.45) is 11.3 Å². The Morgan fingerprint density at radius 1 is 1.09 bits per heavy atom. The molecule has 0 amide bonds. The van der Waals surface area contributed by atoms with E-state index in [0.29, 0.717) is 11.3 Å². The number of halogens is 1. The first-order valence-corrected chi connectivity index (χ1v) is 13.3. The summed E-state index contributed by atoms with van der Waals surface area (Å²) >= 11 is -0.558. The van der Waals surface area contributed by atoms with E-state index in [9.17, 15) is 0 Å². The summed E-state index contributed by atoms with van der Waals surface area (Å²) in [4.78, 5) is 2.11. The molecule has 168 valence electrons. The van der Waals surface area contributed by atoms with E-state index in [2.05, 4.69) is 57.4 Å². The first-order valence-electron chi connectivity index (χ1n) is 11.1. The number of hydrogen-bond donors (Lipinski definition) is 0. The van der Waals surface area contributed by atoms with Gasteiger partial charge in [-0.05, 0) is 12.8 Å². The Hall–Kier alpha value is -2.15. The monoisotopic (exact) mass is 543 g/mol. The second kappa shape index (κ2) is 9.77. The van der Waals surface area contributed by atoms with Crippen LogP contribution in [0.5, 0.6) is 0 Å². The van der Waals surface area contributed by atoms with Crippen molar-refractivity contribution in [2.45, 2.75) is 36.5 Å². The zero-order chi connectivity index (χ0) is 21.8. The van der Waals surface area contributed by atoms with Crippen LogP contribution in [0.3, 0.4) is 0 Å². The number of nitrogens with zero attached hydrogens (tertiary/aromatic N) is 4. The van der Waals surface area contributed by atoms with Gasteiger partial charge in [0.15, 0.2) is 0 Å². The molecule has 0 radical (unpaired) electrons. The van der Waals surface area contributed by atoms with E-state index in [4.69, 9.17) is 9.47 Å². The Bertz CT molecular complexity index is 1060. The molecule has 1 aliphatic heterocycles. The van der Waals surface area contributed by atoms with Crippen LogP contribution in [0.15, 0.2) is 54.7 Å². The van der Waals surface area contributed by atoms with E-state index in [0.717, 1.165) is 31.1 Å². The van der Waals surface area contributed by atoms with Crippen molar-refractivity contribution in [1.29, 1.82) is 0 Å². The topological polar surface area (TPSA) is 52.4 Å². The molecule has 5 rings (SSSR count). The van der Waals surface area contributed by atoms with Crippen LogP contribution in [0.1, 0.15) is 36.8 Å². The molecule has 1 aromatic carbocycles. The van der Waals surface area contributed by atoms with E-state index in [1.807, 2.05) is 34.3 Å². The molecular weight excluding hydrogens is 515 g/mol. The average molecular weight is 543 g/mol. The molecule has 1 aromatic heterocycles. The van der Waals surface area contributed by atoms with E-state index >= 15 is 0 Å². The second-order valence-electron chi connectivity index (χ2n) is 8.83. The van der Waals surface area contributed by atoms with Crippen LogP contribution in [0.4, 0.5) is 5.82 Å². The number of ether oxygens (including phenoxy) is 2. The number of anilines is 1. The van der Waals surface area contributed by atoms with Crippen molar-refractivity contribution < 1.29 is 31.0 Å². The predicted octanol–water partition coefficient (Wildman–Crippen LogP) is 0.763. The van der Waals surface area contributed by atoms with E-state index in [1.54, 1.807) is 0 Å². The molecule has 2 saturated carbocycles. The molecule has 0 bridgehead atoms. The van der Waals surface area contributed by atoms with Gasteiger partial charge < -0.3 is 0 Å². The zero-order valence-electron chi connectivity index (χ0n) is 18.3. The molecule has 2 heterocycles.